The number of benzene rings is 1. The molecule has 0 radical (unpaired) electrons. The van der Waals surface area contributed by atoms with Gasteiger partial charge in [0.15, 0.2) is 5.82 Å². The second-order valence-corrected chi connectivity index (χ2v) is 7.75. The molecular weight excluding hydrogens is 420 g/mol. The number of hydrogen-bond acceptors (Lipinski definition) is 7. The highest BCUT2D eigenvalue weighted by atomic mass is 16.5. The zero-order valence-electron chi connectivity index (χ0n) is 18.4. The molecule has 5 aromatic rings. The van der Waals surface area contributed by atoms with Gasteiger partial charge in [0.2, 0.25) is 0 Å². The molecule has 5 rings (SSSR count). The van der Waals surface area contributed by atoms with Crippen molar-refractivity contribution in [2.75, 3.05) is 19.5 Å². The van der Waals surface area contributed by atoms with Crippen molar-refractivity contribution < 1.29 is 9.84 Å². The first-order valence-corrected chi connectivity index (χ1v) is 10.5. The molecule has 4 aromatic heterocycles. The molecule has 0 saturated heterocycles. The molecule has 0 aliphatic heterocycles. The molecule has 0 aliphatic carbocycles. The molecule has 33 heavy (non-hydrogen) atoms. The summed E-state index contributed by atoms with van der Waals surface area (Å²) in [5.74, 6) is 1.14. The van der Waals surface area contributed by atoms with Gasteiger partial charge in [0, 0.05) is 29.1 Å². The minimum atomic E-state index is 0.0145. The molecule has 0 atom stereocenters. The smallest absolute Gasteiger partial charge is 0.152 e. The molecule has 0 fully saturated rings. The van der Waals surface area contributed by atoms with Crippen molar-refractivity contribution in [3.8, 4) is 28.1 Å². The number of aryl methyl sites for hydroxylation is 1. The van der Waals surface area contributed by atoms with E-state index in [1.807, 2.05) is 54.3 Å². The minimum Gasteiger partial charge on any atom is -0.496 e. The lowest BCUT2D eigenvalue weighted by Crippen LogP contribution is -2.03. The molecule has 1 aromatic carbocycles. The molecule has 168 valence electrons. The lowest BCUT2D eigenvalue weighted by molar-refractivity contribution is 0.269. The summed E-state index contributed by atoms with van der Waals surface area (Å²) in [6.45, 7) is 3.00. The van der Waals surface area contributed by atoms with E-state index in [0.717, 1.165) is 39.4 Å². The number of aliphatic hydroxyl groups excluding tert-OH is 1. The third kappa shape index (κ3) is 3.80. The fourth-order valence-corrected chi connectivity index (χ4v) is 3.98. The van der Waals surface area contributed by atoms with E-state index in [2.05, 4.69) is 20.3 Å². The van der Waals surface area contributed by atoms with Crippen molar-refractivity contribution in [2.24, 2.45) is 0 Å². The number of aromatic nitrogens is 7. The Morgan fingerprint density at radius 3 is 2.73 bits per heavy atom. The maximum absolute atomic E-state index is 9.21. The van der Waals surface area contributed by atoms with Gasteiger partial charge in [0.05, 0.1) is 44.4 Å². The Bertz CT molecular complexity index is 1430. The predicted octanol–water partition coefficient (Wildman–Crippen LogP) is 2.40. The summed E-state index contributed by atoms with van der Waals surface area (Å²) in [7, 11) is 1.66. The maximum atomic E-state index is 9.21. The number of aliphatic hydroxyl groups is 1. The van der Waals surface area contributed by atoms with Crippen LogP contribution in [0.2, 0.25) is 0 Å². The van der Waals surface area contributed by atoms with E-state index < -0.39 is 0 Å². The molecule has 4 heterocycles. The third-order valence-electron chi connectivity index (χ3n) is 5.55. The van der Waals surface area contributed by atoms with Gasteiger partial charge in [0.25, 0.3) is 0 Å². The van der Waals surface area contributed by atoms with Crippen molar-refractivity contribution in [3.05, 3.63) is 66.5 Å². The van der Waals surface area contributed by atoms with Gasteiger partial charge in [-0.3, -0.25) is 9.36 Å². The number of nitrogens with two attached hydrogens (primary N) is 1. The van der Waals surface area contributed by atoms with Crippen LogP contribution in [0.25, 0.3) is 27.9 Å². The number of nitrogen functional groups attached to an aromatic ring is 1. The highest BCUT2D eigenvalue weighted by molar-refractivity contribution is 5.92. The van der Waals surface area contributed by atoms with Gasteiger partial charge in [-0.15, -0.1) is 0 Å². The van der Waals surface area contributed by atoms with E-state index in [4.69, 9.17) is 10.5 Å². The number of rotatable bonds is 7. The average Bonchev–Trinajstić information content (AvgIpc) is 3.53. The SMILES string of the molecule is COc1cc(-c2cc(-c3cnn(CCO)c3)n3ncnc(N)c23)ccc1Cn1ccc(C)n1. The van der Waals surface area contributed by atoms with Crippen LogP contribution in [0, 0.1) is 6.92 Å². The lowest BCUT2D eigenvalue weighted by Gasteiger charge is -2.11. The standard InChI is InChI=1S/C23H24N8O2/c1-15-5-6-30(28-15)12-17-4-3-16(9-21(17)33-2)19-10-20(18-11-26-29(13-18)7-8-32)31-22(19)23(24)25-14-27-31/h3-6,9-11,13-14,32H,7-8,12H2,1-2H3,(H2,24,25,27). The van der Waals surface area contributed by atoms with Crippen molar-refractivity contribution in [2.45, 2.75) is 20.0 Å². The molecule has 0 spiro atoms. The summed E-state index contributed by atoms with van der Waals surface area (Å²) < 4.78 is 11.0. The fourth-order valence-electron chi connectivity index (χ4n) is 3.98. The monoisotopic (exact) mass is 444 g/mol. The molecule has 0 saturated carbocycles. The second-order valence-electron chi connectivity index (χ2n) is 7.75. The minimum absolute atomic E-state index is 0.0145. The summed E-state index contributed by atoms with van der Waals surface area (Å²) in [4.78, 5) is 4.20. The van der Waals surface area contributed by atoms with Crippen molar-refractivity contribution in [1.29, 1.82) is 0 Å². The van der Waals surface area contributed by atoms with E-state index in [0.29, 0.717) is 24.4 Å². The summed E-state index contributed by atoms with van der Waals surface area (Å²) in [6, 6.07) is 10.1. The van der Waals surface area contributed by atoms with Crippen LogP contribution >= 0.6 is 0 Å². The molecule has 0 unspecified atom stereocenters. The maximum Gasteiger partial charge on any atom is 0.152 e. The largest absolute Gasteiger partial charge is 0.496 e. The highest BCUT2D eigenvalue weighted by Gasteiger charge is 2.18. The van der Waals surface area contributed by atoms with Crippen LogP contribution in [-0.4, -0.2) is 53.0 Å². The zero-order valence-corrected chi connectivity index (χ0v) is 18.4. The van der Waals surface area contributed by atoms with Crippen LogP contribution in [0.15, 0.2) is 55.2 Å². The van der Waals surface area contributed by atoms with Gasteiger partial charge in [-0.2, -0.15) is 15.3 Å². The van der Waals surface area contributed by atoms with E-state index in [9.17, 15) is 5.11 Å². The van der Waals surface area contributed by atoms with Crippen LogP contribution in [0.3, 0.4) is 0 Å². The van der Waals surface area contributed by atoms with Gasteiger partial charge >= 0.3 is 0 Å². The average molecular weight is 444 g/mol. The van der Waals surface area contributed by atoms with Gasteiger partial charge in [0.1, 0.15) is 17.6 Å². The van der Waals surface area contributed by atoms with Crippen LogP contribution in [0.5, 0.6) is 5.75 Å². The number of methoxy groups -OCH3 is 1. The van der Waals surface area contributed by atoms with Crippen LogP contribution in [0.4, 0.5) is 5.82 Å². The van der Waals surface area contributed by atoms with Crippen molar-refractivity contribution in [1.82, 2.24) is 34.2 Å². The molecule has 10 nitrogen and oxygen atoms in total. The Kier molecular flexibility index (Phi) is 5.27. The molecule has 3 N–H and O–H groups in total. The van der Waals surface area contributed by atoms with Crippen LogP contribution in [-0.2, 0) is 13.1 Å². The number of fused-ring (bicyclic) bond motifs is 1. The van der Waals surface area contributed by atoms with Gasteiger partial charge in [-0.1, -0.05) is 12.1 Å². The first-order valence-electron chi connectivity index (χ1n) is 10.5. The highest BCUT2D eigenvalue weighted by Crippen LogP contribution is 2.36. The van der Waals surface area contributed by atoms with E-state index in [1.54, 1.807) is 22.5 Å². The molecule has 0 amide bonds. The van der Waals surface area contributed by atoms with Crippen LogP contribution in [0.1, 0.15) is 11.3 Å². The number of nitrogens with zero attached hydrogens (tertiary/aromatic N) is 7. The summed E-state index contributed by atoms with van der Waals surface area (Å²) in [5, 5.41) is 22.4. The fraction of sp³-hybridized carbons (Fsp3) is 0.217. The van der Waals surface area contributed by atoms with E-state index in [1.165, 1.54) is 6.33 Å². The molecule has 0 aliphatic rings. The Morgan fingerprint density at radius 1 is 1.09 bits per heavy atom. The summed E-state index contributed by atoms with van der Waals surface area (Å²) >= 11 is 0. The van der Waals surface area contributed by atoms with Gasteiger partial charge in [-0.25, -0.2) is 9.50 Å². The third-order valence-corrected chi connectivity index (χ3v) is 5.55. The van der Waals surface area contributed by atoms with Gasteiger partial charge < -0.3 is 15.6 Å². The van der Waals surface area contributed by atoms with E-state index in [-0.39, 0.29) is 6.61 Å². The molecule has 10 heteroatoms. The summed E-state index contributed by atoms with van der Waals surface area (Å²) in [6.07, 6.45) is 7.00. The Labute approximate surface area is 189 Å². The topological polar surface area (TPSA) is 121 Å². The second kappa shape index (κ2) is 8.40. The Hall–Kier alpha value is -4.18. The first-order chi connectivity index (χ1) is 16.1. The first kappa shape index (κ1) is 20.7. The molecular formula is C23H24N8O2. The number of anilines is 1. The Morgan fingerprint density at radius 2 is 1.97 bits per heavy atom. The summed E-state index contributed by atoms with van der Waals surface area (Å²) in [5.41, 5.74) is 12.5. The van der Waals surface area contributed by atoms with Crippen molar-refractivity contribution in [3.63, 3.8) is 0 Å². The van der Waals surface area contributed by atoms with E-state index >= 15 is 0 Å². The zero-order chi connectivity index (χ0) is 22.9. The number of ether oxygens (including phenoxy) is 1. The van der Waals surface area contributed by atoms with Crippen molar-refractivity contribution >= 4 is 11.3 Å². The Balaban J connectivity index is 1.60. The number of hydrogen-bond donors (Lipinski definition) is 2. The molecule has 0 bridgehead atoms. The normalized spacial score (nSPS) is 11.4. The quantitative estimate of drug-likeness (QED) is 0.395. The predicted molar refractivity (Wildman–Crippen MR) is 124 cm³/mol. The lowest BCUT2D eigenvalue weighted by atomic mass is 10.0. The van der Waals surface area contributed by atoms with Crippen LogP contribution < -0.4 is 10.5 Å². The van der Waals surface area contributed by atoms with Gasteiger partial charge in [-0.05, 0) is 30.7 Å².